The number of aliphatic imine (C=N–C) groups is 1. The van der Waals surface area contributed by atoms with Crippen LogP contribution in [0.15, 0.2) is 4.99 Å². The molecule has 1 aromatic heterocycles. The Balaban J connectivity index is 2.65. The minimum Gasteiger partial charge on any atom is -0.385 e. The lowest BCUT2D eigenvalue weighted by Gasteiger charge is -2.24. The Kier molecular flexibility index (Phi) is 6.61. The van der Waals surface area contributed by atoms with Crippen molar-refractivity contribution in [1.29, 1.82) is 0 Å². The van der Waals surface area contributed by atoms with Crippen LogP contribution in [0.25, 0.3) is 0 Å². The van der Waals surface area contributed by atoms with Crippen LogP contribution in [0.1, 0.15) is 38.8 Å². The van der Waals surface area contributed by atoms with Gasteiger partial charge in [0.1, 0.15) is 12.4 Å². The van der Waals surface area contributed by atoms with E-state index in [1.165, 1.54) is 0 Å². The molecule has 0 saturated carbocycles. The Bertz CT molecular complexity index is 461. The fourth-order valence-electron chi connectivity index (χ4n) is 1.66. The van der Waals surface area contributed by atoms with Gasteiger partial charge < -0.3 is 19.9 Å². The van der Waals surface area contributed by atoms with E-state index in [0.29, 0.717) is 6.54 Å². The van der Waals surface area contributed by atoms with E-state index >= 15 is 0 Å². The molecule has 0 unspecified atom stereocenters. The van der Waals surface area contributed by atoms with Gasteiger partial charge in [-0.3, -0.25) is 0 Å². The summed E-state index contributed by atoms with van der Waals surface area (Å²) in [5.74, 6) is 2.51. The molecule has 1 heterocycles. The molecule has 7 heteroatoms. The van der Waals surface area contributed by atoms with Gasteiger partial charge in [-0.2, -0.15) is 0 Å². The van der Waals surface area contributed by atoms with Crippen LogP contribution in [-0.4, -0.2) is 46.5 Å². The van der Waals surface area contributed by atoms with Gasteiger partial charge in [-0.25, -0.2) is 4.99 Å². The molecule has 0 saturated heterocycles. The molecule has 0 atom stereocenters. The van der Waals surface area contributed by atoms with Gasteiger partial charge in [0.05, 0.1) is 0 Å². The molecule has 1 aromatic rings. The van der Waals surface area contributed by atoms with E-state index in [1.807, 2.05) is 18.5 Å². The largest absolute Gasteiger partial charge is 0.385 e. The zero-order valence-electron chi connectivity index (χ0n) is 14.0. The Morgan fingerprint density at radius 2 is 2.05 bits per heavy atom. The maximum absolute atomic E-state index is 5.05. The zero-order valence-corrected chi connectivity index (χ0v) is 14.0. The quantitative estimate of drug-likeness (QED) is 0.465. The maximum Gasteiger partial charge on any atom is 0.192 e. The standard InChI is InChI=1S/C14H28N6O/c1-11-18-19-12(20(11)5)10-16-13(17-14(2,3)4)15-8-7-9-21-6/h7-10H2,1-6H3,(H2,15,16,17). The summed E-state index contributed by atoms with van der Waals surface area (Å²) in [6.45, 7) is 10.3. The van der Waals surface area contributed by atoms with Gasteiger partial charge in [0.15, 0.2) is 11.8 Å². The molecule has 2 N–H and O–H groups in total. The Morgan fingerprint density at radius 3 is 2.57 bits per heavy atom. The van der Waals surface area contributed by atoms with Crippen molar-refractivity contribution in [3.63, 3.8) is 0 Å². The van der Waals surface area contributed by atoms with E-state index in [1.54, 1.807) is 7.11 Å². The molecule has 0 aliphatic rings. The average Bonchev–Trinajstić information content (AvgIpc) is 2.70. The first-order chi connectivity index (χ1) is 9.83. The zero-order chi connectivity index (χ0) is 15.9. The summed E-state index contributed by atoms with van der Waals surface area (Å²) in [7, 11) is 3.65. The second-order valence-corrected chi connectivity index (χ2v) is 6.04. The molecule has 0 amide bonds. The van der Waals surface area contributed by atoms with Gasteiger partial charge in [0, 0.05) is 32.8 Å². The van der Waals surface area contributed by atoms with Gasteiger partial charge in [0.2, 0.25) is 0 Å². The Morgan fingerprint density at radius 1 is 1.33 bits per heavy atom. The third kappa shape index (κ3) is 6.57. The van der Waals surface area contributed by atoms with Gasteiger partial charge >= 0.3 is 0 Å². The summed E-state index contributed by atoms with van der Waals surface area (Å²) in [5, 5.41) is 14.8. The Labute approximate surface area is 127 Å². The van der Waals surface area contributed by atoms with E-state index in [0.717, 1.165) is 37.2 Å². The summed E-state index contributed by atoms with van der Waals surface area (Å²) < 4.78 is 7.00. The Hall–Kier alpha value is -1.63. The first-order valence-electron chi connectivity index (χ1n) is 7.24. The lowest BCUT2D eigenvalue weighted by molar-refractivity contribution is 0.195. The molecular weight excluding hydrogens is 268 g/mol. The summed E-state index contributed by atoms with van der Waals surface area (Å²) in [6.07, 6.45) is 0.935. The first kappa shape index (κ1) is 17.4. The van der Waals surface area contributed by atoms with Crippen LogP contribution in [0, 0.1) is 6.92 Å². The first-order valence-corrected chi connectivity index (χ1v) is 7.24. The SMILES string of the molecule is COCCCNC(=NCc1nnc(C)n1C)NC(C)(C)C. The van der Waals surface area contributed by atoms with Crippen LogP contribution in [0.5, 0.6) is 0 Å². The molecule has 0 fully saturated rings. The summed E-state index contributed by atoms with van der Waals surface area (Å²) in [6, 6.07) is 0. The third-order valence-electron chi connectivity index (χ3n) is 2.87. The average molecular weight is 296 g/mol. The van der Waals surface area contributed by atoms with Crippen LogP contribution in [0.2, 0.25) is 0 Å². The minimum absolute atomic E-state index is 0.0527. The molecule has 0 radical (unpaired) electrons. The number of ether oxygens (including phenoxy) is 1. The number of aryl methyl sites for hydroxylation is 1. The predicted octanol–water partition coefficient (Wildman–Crippen LogP) is 0.994. The van der Waals surface area contributed by atoms with Crippen LogP contribution in [0.3, 0.4) is 0 Å². The highest BCUT2D eigenvalue weighted by Crippen LogP contribution is 2.01. The molecule has 0 spiro atoms. The number of rotatable bonds is 6. The van der Waals surface area contributed by atoms with Gasteiger partial charge in [0.25, 0.3) is 0 Å². The van der Waals surface area contributed by atoms with Crippen molar-refractivity contribution in [3.8, 4) is 0 Å². The number of aromatic nitrogens is 3. The van der Waals surface area contributed by atoms with E-state index in [-0.39, 0.29) is 5.54 Å². The lowest BCUT2D eigenvalue weighted by atomic mass is 10.1. The van der Waals surface area contributed by atoms with Crippen molar-refractivity contribution >= 4 is 5.96 Å². The van der Waals surface area contributed by atoms with E-state index in [9.17, 15) is 0 Å². The molecular formula is C14H28N6O. The van der Waals surface area contributed by atoms with Gasteiger partial charge in [-0.05, 0) is 34.1 Å². The molecule has 0 aliphatic carbocycles. The highest BCUT2D eigenvalue weighted by molar-refractivity contribution is 5.80. The maximum atomic E-state index is 5.05. The number of hydrogen-bond acceptors (Lipinski definition) is 4. The summed E-state index contributed by atoms with van der Waals surface area (Å²) in [4.78, 5) is 4.58. The number of nitrogens with one attached hydrogen (secondary N) is 2. The third-order valence-corrected chi connectivity index (χ3v) is 2.87. The molecule has 0 aliphatic heterocycles. The van der Waals surface area contributed by atoms with Crippen molar-refractivity contribution in [2.24, 2.45) is 12.0 Å². The number of nitrogens with zero attached hydrogens (tertiary/aromatic N) is 4. The van der Waals surface area contributed by atoms with Gasteiger partial charge in [-0.15, -0.1) is 10.2 Å². The van der Waals surface area contributed by atoms with Crippen molar-refractivity contribution < 1.29 is 4.74 Å². The smallest absolute Gasteiger partial charge is 0.192 e. The monoisotopic (exact) mass is 296 g/mol. The molecule has 7 nitrogen and oxygen atoms in total. The van der Waals surface area contributed by atoms with Gasteiger partial charge in [-0.1, -0.05) is 0 Å². The highest BCUT2D eigenvalue weighted by atomic mass is 16.5. The number of hydrogen-bond donors (Lipinski definition) is 2. The summed E-state index contributed by atoms with van der Waals surface area (Å²) in [5.41, 5.74) is -0.0527. The van der Waals surface area contributed by atoms with Crippen molar-refractivity contribution in [1.82, 2.24) is 25.4 Å². The second kappa shape index (κ2) is 7.97. The minimum atomic E-state index is -0.0527. The molecule has 0 aromatic carbocycles. The molecule has 21 heavy (non-hydrogen) atoms. The molecule has 120 valence electrons. The van der Waals surface area contributed by atoms with Crippen molar-refractivity contribution in [2.75, 3.05) is 20.3 Å². The highest BCUT2D eigenvalue weighted by Gasteiger charge is 2.12. The topological polar surface area (TPSA) is 76.4 Å². The number of guanidine groups is 1. The molecule has 0 bridgehead atoms. The van der Waals surface area contributed by atoms with E-state index in [4.69, 9.17) is 4.74 Å². The fourth-order valence-corrected chi connectivity index (χ4v) is 1.66. The summed E-state index contributed by atoms with van der Waals surface area (Å²) >= 11 is 0. The van der Waals surface area contributed by atoms with E-state index in [2.05, 4.69) is 46.6 Å². The normalized spacial score (nSPS) is 12.6. The van der Waals surface area contributed by atoms with E-state index < -0.39 is 0 Å². The number of methoxy groups -OCH3 is 1. The van der Waals surface area contributed by atoms with Crippen LogP contribution >= 0.6 is 0 Å². The van der Waals surface area contributed by atoms with Crippen LogP contribution in [-0.2, 0) is 18.3 Å². The van der Waals surface area contributed by atoms with Crippen molar-refractivity contribution in [3.05, 3.63) is 11.6 Å². The molecule has 1 rings (SSSR count). The lowest BCUT2D eigenvalue weighted by Crippen LogP contribution is -2.48. The van der Waals surface area contributed by atoms with Crippen LogP contribution < -0.4 is 10.6 Å². The predicted molar refractivity (Wildman–Crippen MR) is 84.3 cm³/mol. The second-order valence-electron chi connectivity index (χ2n) is 6.04. The fraction of sp³-hybridized carbons (Fsp3) is 0.786. The van der Waals surface area contributed by atoms with Crippen molar-refractivity contribution in [2.45, 2.75) is 46.2 Å². The van der Waals surface area contributed by atoms with Crippen LogP contribution in [0.4, 0.5) is 0 Å².